The molecule has 5 heteroatoms. The predicted molar refractivity (Wildman–Crippen MR) is 47.2 cm³/mol. The Morgan fingerprint density at radius 3 is 2.57 bits per heavy atom. The number of amides is 1. The first-order chi connectivity index (χ1) is 6.61. The zero-order chi connectivity index (χ0) is 10.6. The van der Waals surface area contributed by atoms with Gasteiger partial charge >= 0.3 is 6.43 Å². The van der Waals surface area contributed by atoms with E-state index in [1.807, 2.05) is 0 Å². The summed E-state index contributed by atoms with van der Waals surface area (Å²) in [5, 5.41) is 0. The van der Waals surface area contributed by atoms with E-state index in [4.69, 9.17) is 4.74 Å². The van der Waals surface area contributed by atoms with Gasteiger partial charge in [-0.05, 0) is 18.8 Å². The third kappa shape index (κ3) is 3.21. The largest absolute Gasteiger partial charge is 0.381 e. The molecular formula is C9H15F2NO2. The fraction of sp³-hybridized carbons (Fsp3) is 0.889. The molecule has 1 fully saturated rings. The lowest BCUT2D eigenvalue weighted by atomic mass is 10.00. The number of alkyl halides is 2. The number of hydrogen-bond donors (Lipinski definition) is 0. The number of hydrogen-bond acceptors (Lipinski definition) is 2. The lowest BCUT2D eigenvalue weighted by Gasteiger charge is -2.26. The zero-order valence-electron chi connectivity index (χ0n) is 8.21. The average Bonchev–Trinajstić information content (AvgIpc) is 2.18. The molecule has 1 saturated heterocycles. The van der Waals surface area contributed by atoms with Crippen molar-refractivity contribution in [2.45, 2.75) is 19.3 Å². The molecule has 82 valence electrons. The Hall–Kier alpha value is -0.710. The van der Waals surface area contributed by atoms with Gasteiger partial charge in [-0.1, -0.05) is 0 Å². The maximum atomic E-state index is 12.0. The number of ether oxygens (including phenoxy) is 1. The van der Waals surface area contributed by atoms with Crippen molar-refractivity contribution in [3.8, 4) is 0 Å². The molecule has 0 radical (unpaired) electrons. The normalized spacial score (nSPS) is 18.6. The van der Waals surface area contributed by atoms with E-state index in [9.17, 15) is 13.6 Å². The van der Waals surface area contributed by atoms with Crippen molar-refractivity contribution >= 4 is 5.91 Å². The van der Waals surface area contributed by atoms with Gasteiger partial charge in [-0.25, -0.2) is 0 Å². The molecule has 0 aromatic rings. The summed E-state index contributed by atoms with van der Waals surface area (Å²) in [5.41, 5.74) is 0. The molecule has 0 bridgehead atoms. The van der Waals surface area contributed by atoms with Crippen LogP contribution in [-0.4, -0.2) is 44.0 Å². The summed E-state index contributed by atoms with van der Waals surface area (Å²) in [4.78, 5) is 12.0. The summed E-state index contributed by atoms with van der Waals surface area (Å²) in [5.74, 6) is -0.784. The molecular weight excluding hydrogens is 192 g/mol. The molecule has 0 unspecified atom stereocenters. The van der Waals surface area contributed by atoms with Gasteiger partial charge in [0.15, 0.2) is 0 Å². The van der Waals surface area contributed by atoms with Gasteiger partial charge in [0.2, 0.25) is 0 Å². The minimum atomic E-state index is -2.89. The van der Waals surface area contributed by atoms with Gasteiger partial charge in [0.25, 0.3) is 5.91 Å². The number of halogens is 2. The quantitative estimate of drug-likeness (QED) is 0.694. The van der Waals surface area contributed by atoms with Crippen LogP contribution in [0.3, 0.4) is 0 Å². The third-order valence-electron chi connectivity index (χ3n) is 2.44. The fourth-order valence-corrected chi connectivity index (χ4v) is 1.57. The molecule has 0 aromatic heterocycles. The lowest BCUT2D eigenvalue weighted by Crippen LogP contribution is -2.37. The minimum absolute atomic E-state index is 0.302. The highest BCUT2D eigenvalue weighted by atomic mass is 19.3. The van der Waals surface area contributed by atoms with E-state index in [1.165, 1.54) is 7.05 Å². The second-order valence-electron chi connectivity index (χ2n) is 3.58. The highest BCUT2D eigenvalue weighted by Gasteiger charge is 2.23. The van der Waals surface area contributed by atoms with Crippen molar-refractivity contribution in [3.63, 3.8) is 0 Å². The predicted octanol–water partition coefficient (Wildman–Crippen LogP) is 1.14. The van der Waals surface area contributed by atoms with Crippen molar-refractivity contribution in [3.05, 3.63) is 0 Å². The molecule has 1 aliphatic heterocycles. The lowest BCUT2D eigenvalue weighted by molar-refractivity contribution is -0.142. The molecule has 1 amide bonds. The second-order valence-corrected chi connectivity index (χ2v) is 3.58. The van der Waals surface area contributed by atoms with Crippen molar-refractivity contribution in [2.75, 3.05) is 26.8 Å². The number of nitrogens with zero attached hydrogens (tertiary/aromatic N) is 1. The van der Waals surface area contributed by atoms with Crippen LogP contribution >= 0.6 is 0 Å². The van der Waals surface area contributed by atoms with E-state index in [0.717, 1.165) is 17.7 Å². The summed E-state index contributed by atoms with van der Waals surface area (Å²) in [6.07, 6.45) is -1.19. The van der Waals surface area contributed by atoms with Crippen LogP contribution in [0.25, 0.3) is 0 Å². The summed E-state index contributed by atoms with van der Waals surface area (Å²) in [6.45, 7) is 1.75. The van der Waals surface area contributed by atoms with Crippen molar-refractivity contribution in [1.82, 2.24) is 4.90 Å². The molecule has 0 saturated carbocycles. The topological polar surface area (TPSA) is 29.5 Å². The summed E-state index contributed by atoms with van der Waals surface area (Å²) in [7, 11) is 1.42. The van der Waals surface area contributed by atoms with E-state index >= 15 is 0 Å². The molecule has 14 heavy (non-hydrogen) atoms. The highest BCUT2D eigenvalue weighted by Crippen LogP contribution is 2.16. The highest BCUT2D eigenvalue weighted by molar-refractivity contribution is 5.78. The number of carbonyl (C=O) groups excluding carboxylic acids is 1. The van der Waals surface area contributed by atoms with Gasteiger partial charge in [0.05, 0.1) is 0 Å². The molecule has 0 atom stereocenters. The Bertz CT molecular complexity index is 193. The molecule has 0 aliphatic carbocycles. The molecule has 0 spiro atoms. The van der Waals surface area contributed by atoms with Crippen LogP contribution in [0.15, 0.2) is 0 Å². The molecule has 0 N–H and O–H groups in total. The Morgan fingerprint density at radius 1 is 1.50 bits per heavy atom. The van der Waals surface area contributed by atoms with Crippen molar-refractivity contribution in [2.24, 2.45) is 5.92 Å². The minimum Gasteiger partial charge on any atom is -0.381 e. The van der Waals surface area contributed by atoms with Gasteiger partial charge in [0, 0.05) is 26.8 Å². The maximum Gasteiger partial charge on any atom is 0.315 e. The van der Waals surface area contributed by atoms with Crippen LogP contribution in [0.5, 0.6) is 0 Å². The maximum absolute atomic E-state index is 12.0. The first-order valence-corrected chi connectivity index (χ1v) is 4.72. The standard InChI is InChI=1S/C9H15F2NO2/c1-12(9(13)8(10)11)6-7-2-4-14-5-3-7/h7-8H,2-6H2,1H3. The van der Waals surface area contributed by atoms with Crippen LogP contribution in [0.2, 0.25) is 0 Å². The summed E-state index contributed by atoms with van der Waals surface area (Å²) >= 11 is 0. The Kier molecular flexibility index (Phi) is 4.25. The molecule has 3 nitrogen and oxygen atoms in total. The average molecular weight is 207 g/mol. The number of carbonyl (C=O) groups is 1. The van der Waals surface area contributed by atoms with Crippen LogP contribution in [0.1, 0.15) is 12.8 Å². The van der Waals surface area contributed by atoms with E-state index in [2.05, 4.69) is 0 Å². The van der Waals surface area contributed by atoms with Gasteiger partial charge in [-0.15, -0.1) is 0 Å². The van der Waals surface area contributed by atoms with E-state index < -0.39 is 12.3 Å². The Balaban J connectivity index is 2.31. The summed E-state index contributed by atoms with van der Waals surface area (Å²) < 4.78 is 29.2. The second kappa shape index (κ2) is 5.24. The molecule has 1 heterocycles. The molecule has 1 aliphatic rings. The van der Waals surface area contributed by atoms with E-state index in [1.54, 1.807) is 0 Å². The molecule has 0 aromatic carbocycles. The van der Waals surface area contributed by atoms with Crippen LogP contribution < -0.4 is 0 Å². The number of rotatable bonds is 3. The van der Waals surface area contributed by atoms with Crippen LogP contribution in [-0.2, 0) is 9.53 Å². The van der Waals surface area contributed by atoms with Gasteiger partial charge < -0.3 is 9.64 Å². The zero-order valence-corrected chi connectivity index (χ0v) is 8.21. The van der Waals surface area contributed by atoms with Gasteiger partial charge in [-0.2, -0.15) is 8.78 Å². The fourth-order valence-electron chi connectivity index (χ4n) is 1.57. The Labute approximate surface area is 82.0 Å². The third-order valence-corrected chi connectivity index (χ3v) is 2.44. The van der Waals surface area contributed by atoms with E-state index in [0.29, 0.717) is 25.7 Å². The van der Waals surface area contributed by atoms with E-state index in [-0.39, 0.29) is 0 Å². The Morgan fingerprint density at radius 2 is 2.07 bits per heavy atom. The SMILES string of the molecule is CN(CC1CCOCC1)C(=O)C(F)F. The summed E-state index contributed by atoms with van der Waals surface area (Å²) in [6, 6.07) is 0. The molecule has 1 rings (SSSR count). The van der Waals surface area contributed by atoms with Gasteiger partial charge in [0.1, 0.15) is 0 Å². The first kappa shape index (κ1) is 11.4. The van der Waals surface area contributed by atoms with Crippen molar-refractivity contribution < 1.29 is 18.3 Å². The van der Waals surface area contributed by atoms with Crippen LogP contribution in [0, 0.1) is 5.92 Å². The van der Waals surface area contributed by atoms with Gasteiger partial charge in [-0.3, -0.25) is 4.79 Å². The smallest absolute Gasteiger partial charge is 0.315 e. The monoisotopic (exact) mass is 207 g/mol. The first-order valence-electron chi connectivity index (χ1n) is 4.72. The van der Waals surface area contributed by atoms with Crippen molar-refractivity contribution in [1.29, 1.82) is 0 Å². The van der Waals surface area contributed by atoms with Crippen LogP contribution in [0.4, 0.5) is 8.78 Å².